The molecule has 0 heterocycles. The van der Waals surface area contributed by atoms with Crippen LogP contribution in [0, 0.1) is 21.8 Å². The summed E-state index contributed by atoms with van der Waals surface area (Å²) in [7, 11) is 0. The van der Waals surface area contributed by atoms with Crippen molar-refractivity contribution in [3.63, 3.8) is 0 Å². The molecule has 1 unspecified atom stereocenters. The highest BCUT2D eigenvalue weighted by atomic mass is 19.1. The Balaban J connectivity index is 2.89. The van der Waals surface area contributed by atoms with E-state index in [1.807, 2.05) is 20.8 Å². The van der Waals surface area contributed by atoms with Gasteiger partial charge in [-0.05, 0) is 24.5 Å². The number of carbonyl (C=O) groups is 1. The van der Waals surface area contributed by atoms with Crippen LogP contribution in [0.2, 0.25) is 0 Å². The normalized spacial score (nSPS) is 12.3. The molecular formula is C13H17FN2O3. The van der Waals surface area contributed by atoms with Gasteiger partial charge >= 0.3 is 5.69 Å². The Kier molecular flexibility index (Phi) is 4.97. The van der Waals surface area contributed by atoms with E-state index < -0.39 is 22.3 Å². The molecule has 0 saturated heterocycles. The fourth-order valence-corrected chi connectivity index (χ4v) is 1.79. The monoisotopic (exact) mass is 268 g/mol. The van der Waals surface area contributed by atoms with E-state index in [1.165, 1.54) is 6.07 Å². The van der Waals surface area contributed by atoms with E-state index in [1.54, 1.807) is 0 Å². The zero-order valence-electron chi connectivity index (χ0n) is 11.1. The Morgan fingerprint density at radius 2 is 2.11 bits per heavy atom. The van der Waals surface area contributed by atoms with E-state index in [9.17, 15) is 19.3 Å². The van der Waals surface area contributed by atoms with Gasteiger partial charge in [0.05, 0.1) is 4.92 Å². The van der Waals surface area contributed by atoms with Crippen molar-refractivity contribution in [1.29, 1.82) is 0 Å². The van der Waals surface area contributed by atoms with Gasteiger partial charge in [0.25, 0.3) is 5.91 Å². The van der Waals surface area contributed by atoms with Crippen LogP contribution in [0.5, 0.6) is 0 Å². The van der Waals surface area contributed by atoms with Gasteiger partial charge in [0, 0.05) is 17.7 Å². The van der Waals surface area contributed by atoms with Crippen molar-refractivity contribution in [1.82, 2.24) is 5.32 Å². The highest BCUT2D eigenvalue weighted by Crippen LogP contribution is 2.18. The summed E-state index contributed by atoms with van der Waals surface area (Å²) in [5.41, 5.74) is -0.547. The lowest BCUT2D eigenvalue weighted by Crippen LogP contribution is -2.38. The van der Waals surface area contributed by atoms with Gasteiger partial charge in [-0.15, -0.1) is 0 Å². The molecule has 0 radical (unpaired) electrons. The van der Waals surface area contributed by atoms with E-state index in [-0.39, 0.29) is 17.5 Å². The molecule has 5 nitrogen and oxygen atoms in total. The van der Waals surface area contributed by atoms with Gasteiger partial charge < -0.3 is 5.32 Å². The Morgan fingerprint density at radius 1 is 1.47 bits per heavy atom. The summed E-state index contributed by atoms with van der Waals surface area (Å²) in [6, 6.07) is 3.13. The van der Waals surface area contributed by atoms with Crippen molar-refractivity contribution in [3.05, 3.63) is 39.7 Å². The maximum absolute atomic E-state index is 13.4. The summed E-state index contributed by atoms with van der Waals surface area (Å²) in [5, 5.41) is 13.3. The molecule has 1 aromatic carbocycles. The van der Waals surface area contributed by atoms with Gasteiger partial charge in [-0.25, -0.2) is 0 Å². The first-order valence-electron chi connectivity index (χ1n) is 6.11. The largest absolute Gasteiger partial charge is 0.349 e. The third-order valence-corrected chi connectivity index (χ3v) is 2.97. The van der Waals surface area contributed by atoms with Crippen LogP contribution in [0.3, 0.4) is 0 Å². The van der Waals surface area contributed by atoms with Gasteiger partial charge in [0.15, 0.2) is 0 Å². The number of amides is 1. The molecule has 0 aromatic heterocycles. The average Bonchev–Trinajstić information content (AvgIpc) is 2.34. The standard InChI is InChI=1S/C13H17FN2O3/c1-4-11(8(2)3)15-13(17)9-5-6-12(16(18)19)10(14)7-9/h5-8,11H,4H2,1-3H3,(H,15,17). The Labute approximate surface area is 111 Å². The predicted molar refractivity (Wildman–Crippen MR) is 69.4 cm³/mol. The highest BCUT2D eigenvalue weighted by Gasteiger charge is 2.19. The molecule has 0 fully saturated rings. The highest BCUT2D eigenvalue weighted by molar-refractivity contribution is 5.94. The maximum Gasteiger partial charge on any atom is 0.304 e. The molecule has 6 heteroatoms. The fraction of sp³-hybridized carbons (Fsp3) is 0.462. The SMILES string of the molecule is CCC(NC(=O)c1ccc([N+](=O)[O-])c(F)c1)C(C)C. The zero-order chi connectivity index (χ0) is 14.6. The smallest absolute Gasteiger partial charge is 0.304 e. The zero-order valence-corrected chi connectivity index (χ0v) is 11.1. The number of hydrogen-bond acceptors (Lipinski definition) is 3. The molecule has 1 atom stereocenters. The van der Waals surface area contributed by atoms with Crippen molar-refractivity contribution in [3.8, 4) is 0 Å². The van der Waals surface area contributed by atoms with Crippen LogP contribution in [0.4, 0.5) is 10.1 Å². The summed E-state index contributed by atoms with van der Waals surface area (Å²) < 4.78 is 13.4. The average molecular weight is 268 g/mol. The molecule has 0 aliphatic rings. The van der Waals surface area contributed by atoms with Crippen molar-refractivity contribution in [2.24, 2.45) is 5.92 Å². The number of benzene rings is 1. The number of halogens is 1. The fourth-order valence-electron chi connectivity index (χ4n) is 1.79. The molecule has 104 valence electrons. The second-order valence-electron chi connectivity index (χ2n) is 4.66. The lowest BCUT2D eigenvalue weighted by molar-refractivity contribution is -0.387. The first-order chi connectivity index (χ1) is 8.86. The van der Waals surface area contributed by atoms with Crippen LogP contribution in [-0.4, -0.2) is 16.9 Å². The second kappa shape index (κ2) is 6.26. The quantitative estimate of drug-likeness (QED) is 0.659. The molecular weight excluding hydrogens is 251 g/mol. The third kappa shape index (κ3) is 3.74. The second-order valence-corrected chi connectivity index (χ2v) is 4.66. The summed E-state index contributed by atoms with van der Waals surface area (Å²) in [4.78, 5) is 21.6. The Bertz CT molecular complexity index is 489. The lowest BCUT2D eigenvalue weighted by Gasteiger charge is -2.20. The molecule has 0 aliphatic carbocycles. The molecule has 0 aliphatic heterocycles. The van der Waals surface area contributed by atoms with Gasteiger partial charge in [-0.3, -0.25) is 14.9 Å². The van der Waals surface area contributed by atoms with E-state index in [0.29, 0.717) is 0 Å². The Hall–Kier alpha value is -1.98. The number of nitro groups is 1. The number of carbonyl (C=O) groups excluding carboxylic acids is 1. The first kappa shape index (κ1) is 15.1. The number of hydrogen-bond donors (Lipinski definition) is 1. The van der Waals surface area contributed by atoms with E-state index in [4.69, 9.17) is 0 Å². The van der Waals surface area contributed by atoms with Gasteiger partial charge in [0.2, 0.25) is 5.82 Å². The summed E-state index contributed by atoms with van der Waals surface area (Å²) in [6.07, 6.45) is 0.763. The van der Waals surface area contributed by atoms with Crippen molar-refractivity contribution in [2.75, 3.05) is 0 Å². The van der Waals surface area contributed by atoms with Gasteiger partial charge in [0.1, 0.15) is 0 Å². The molecule has 1 amide bonds. The Morgan fingerprint density at radius 3 is 2.53 bits per heavy atom. The minimum absolute atomic E-state index is 0.00856. The molecule has 0 saturated carbocycles. The van der Waals surface area contributed by atoms with Crippen LogP contribution in [0.1, 0.15) is 37.6 Å². The van der Waals surface area contributed by atoms with Crippen LogP contribution >= 0.6 is 0 Å². The van der Waals surface area contributed by atoms with Gasteiger partial charge in [-0.2, -0.15) is 4.39 Å². The van der Waals surface area contributed by atoms with E-state index in [2.05, 4.69) is 5.32 Å². The number of nitrogens with zero attached hydrogens (tertiary/aromatic N) is 1. The van der Waals surface area contributed by atoms with Gasteiger partial charge in [-0.1, -0.05) is 20.8 Å². The van der Waals surface area contributed by atoms with Crippen LogP contribution in [0.15, 0.2) is 18.2 Å². The molecule has 19 heavy (non-hydrogen) atoms. The maximum atomic E-state index is 13.4. The lowest BCUT2D eigenvalue weighted by atomic mass is 10.0. The summed E-state index contributed by atoms with van der Waals surface area (Å²) >= 11 is 0. The first-order valence-corrected chi connectivity index (χ1v) is 6.11. The number of rotatable bonds is 5. The van der Waals surface area contributed by atoms with Crippen LogP contribution < -0.4 is 5.32 Å². The predicted octanol–water partition coefficient (Wildman–Crippen LogP) is 2.90. The third-order valence-electron chi connectivity index (χ3n) is 2.97. The van der Waals surface area contributed by atoms with Crippen molar-refractivity contribution >= 4 is 11.6 Å². The molecule has 1 aromatic rings. The summed E-state index contributed by atoms with van der Waals surface area (Å²) in [5.74, 6) is -1.17. The molecule has 0 bridgehead atoms. The number of nitro benzene ring substituents is 1. The van der Waals surface area contributed by atoms with Crippen molar-refractivity contribution in [2.45, 2.75) is 33.2 Å². The molecule has 1 rings (SSSR count). The molecule has 0 spiro atoms. The molecule has 1 N–H and O–H groups in total. The minimum atomic E-state index is -1.00. The van der Waals surface area contributed by atoms with Crippen LogP contribution in [0.25, 0.3) is 0 Å². The minimum Gasteiger partial charge on any atom is -0.349 e. The van der Waals surface area contributed by atoms with Crippen LogP contribution in [-0.2, 0) is 0 Å². The summed E-state index contributed by atoms with van der Waals surface area (Å²) in [6.45, 7) is 5.90. The van der Waals surface area contributed by atoms with Crippen molar-refractivity contribution < 1.29 is 14.1 Å². The van der Waals surface area contributed by atoms with E-state index >= 15 is 0 Å². The van der Waals surface area contributed by atoms with E-state index in [0.717, 1.165) is 18.6 Å². The topological polar surface area (TPSA) is 72.2 Å². The number of nitrogens with one attached hydrogen (secondary N) is 1.